The highest BCUT2D eigenvalue weighted by molar-refractivity contribution is 6.37. The van der Waals surface area contributed by atoms with Crippen LogP contribution in [0.1, 0.15) is 25.3 Å². The number of amides is 2. The molecular weight excluding hydrogens is 399 g/mol. The Morgan fingerprint density at radius 1 is 1.25 bits per heavy atom. The highest BCUT2D eigenvalue weighted by Crippen LogP contribution is 2.26. The Morgan fingerprint density at radius 3 is 2.54 bits per heavy atom. The average Bonchev–Trinajstić information content (AvgIpc) is 3.15. The molecule has 3 rings (SSSR count). The maximum atomic E-state index is 12.4. The highest BCUT2D eigenvalue weighted by Gasteiger charge is 2.26. The lowest BCUT2D eigenvalue weighted by Crippen LogP contribution is -2.40. The van der Waals surface area contributed by atoms with Crippen LogP contribution in [0.4, 0.5) is 5.69 Å². The molecule has 0 aliphatic carbocycles. The van der Waals surface area contributed by atoms with Crippen molar-refractivity contribution in [1.29, 1.82) is 0 Å². The van der Waals surface area contributed by atoms with Crippen LogP contribution >= 0.6 is 23.2 Å². The van der Waals surface area contributed by atoms with Crippen molar-refractivity contribution >= 4 is 46.8 Å². The Hall–Kier alpha value is -2.31. The van der Waals surface area contributed by atoms with Gasteiger partial charge in [-0.25, -0.2) is 0 Å². The third kappa shape index (κ3) is 4.94. The van der Waals surface area contributed by atoms with Gasteiger partial charge in [0.15, 0.2) is 0 Å². The zero-order valence-electron chi connectivity index (χ0n) is 15.6. The van der Waals surface area contributed by atoms with E-state index in [1.54, 1.807) is 46.3 Å². The molecule has 0 spiro atoms. The van der Waals surface area contributed by atoms with Gasteiger partial charge in [0.25, 0.3) is 0 Å². The number of hydrogen-bond donors (Lipinski definition) is 1. The average molecular weight is 421 g/mol. The first-order valence-electron chi connectivity index (χ1n) is 9.22. The van der Waals surface area contributed by atoms with Crippen molar-refractivity contribution < 1.29 is 9.59 Å². The second-order valence-electron chi connectivity index (χ2n) is 6.64. The van der Waals surface area contributed by atoms with E-state index < -0.39 is 0 Å². The van der Waals surface area contributed by atoms with Crippen molar-refractivity contribution in [3.8, 4) is 0 Å². The van der Waals surface area contributed by atoms with Gasteiger partial charge in [-0.3, -0.25) is 14.3 Å². The van der Waals surface area contributed by atoms with Gasteiger partial charge in [0, 0.05) is 53.4 Å². The fraction of sp³-hybridized carbons (Fsp3) is 0.350. The molecule has 1 saturated heterocycles. The molecule has 1 aliphatic heterocycles. The molecule has 1 fully saturated rings. The number of nitrogens with zero attached hydrogens (tertiary/aromatic N) is 3. The van der Waals surface area contributed by atoms with Crippen molar-refractivity contribution in [3.05, 3.63) is 52.3 Å². The number of aromatic nitrogens is 2. The molecule has 2 heterocycles. The zero-order valence-corrected chi connectivity index (χ0v) is 17.1. The molecule has 148 valence electrons. The van der Waals surface area contributed by atoms with Crippen molar-refractivity contribution in [3.63, 3.8) is 0 Å². The highest BCUT2D eigenvalue weighted by atomic mass is 35.5. The summed E-state index contributed by atoms with van der Waals surface area (Å²) in [4.78, 5) is 26.6. The monoisotopic (exact) mass is 420 g/mol. The van der Waals surface area contributed by atoms with E-state index in [-0.39, 0.29) is 17.7 Å². The summed E-state index contributed by atoms with van der Waals surface area (Å²) in [5.41, 5.74) is 1.32. The van der Waals surface area contributed by atoms with E-state index in [9.17, 15) is 9.59 Å². The molecular formula is C20H22Cl2N4O2. The Bertz CT molecular complexity index is 866. The number of nitrogens with one attached hydrogen (secondary N) is 1. The number of piperidine rings is 1. The summed E-state index contributed by atoms with van der Waals surface area (Å²) in [5, 5.41) is 8.05. The Balaban J connectivity index is 1.52. The minimum absolute atomic E-state index is 0.0267. The van der Waals surface area contributed by atoms with E-state index in [2.05, 4.69) is 10.4 Å². The number of hydrogen-bond acceptors (Lipinski definition) is 3. The summed E-state index contributed by atoms with van der Waals surface area (Å²) in [6.07, 6.45) is 7.82. The minimum Gasteiger partial charge on any atom is -0.339 e. The Labute approximate surface area is 174 Å². The largest absolute Gasteiger partial charge is 0.339 e. The molecule has 0 radical (unpaired) electrons. The van der Waals surface area contributed by atoms with Crippen LogP contribution in [0.5, 0.6) is 0 Å². The van der Waals surface area contributed by atoms with Crippen molar-refractivity contribution in [1.82, 2.24) is 14.7 Å². The SMILES string of the molecule is CCn1cc(NC(=O)C2CCN(C(=O)/C=C/c3c(Cl)cccc3Cl)CC2)cn1. The van der Waals surface area contributed by atoms with Gasteiger partial charge in [-0.2, -0.15) is 5.10 Å². The number of carbonyl (C=O) groups excluding carboxylic acids is 2. The van der Waals surface area contributed by atoms with Crippen molar-refractivity contribution in [2.75, 3.05) is 18.4 Å². The van der Waals surface area contributed by atoms with E-state index in [1.807, 2.05) is 6.92 Å². The summed E-state index contributed by atoms with van der Waals surface area (Å²) in [7, 11) is 0. The number of benzene rings is 1. The molecule has 0 bridgehead atoms. The molecule has 1 N–H and O–H groups in total. The predicted octanol–water partition coefficient (Wildman–Crippen LogP) is 4.10. The van der Waals surface area contributed by atoms with Crippen LogP contribution in [0.15, 0.2) is 36.7 Å². The number of carbonyl (C=O) groups is 2. The van der Waals surface area contributed by atoms with Crippen LogP contribution < -0.4 is 5.32 Å². The zero-order chi connectivity index (χ0) is 20.1. The quantitative estimate of drug-likeness (QED) is 0.740. The van der Waals surface area contributed by atoms with Crippen molar-refractivity contribution in [2.45, 2.75) is 26.3 Å². The first-order chi connectivity index (χ1) is 13.5. The molecule has 1 aromatic carbocycles. The minimum atomic E-state index is -0.115. The number of halogens is 2. The first kappa shape index (κ1) is 20.4. The third-order valence-corrected chi connectivity index (χ3v) is 5.45. The summed E-state index contributed by atoms with van der Waals surface area (Å²) >= 11 is 12.2. The van der Waals surface area contributed by atoms with Crippen LogP contribution in [-0.2, 0) is 16.1 Å². The smallest absolute Gasteiger partial charge is 0.246 e. The van der Waals surface area contributed by atoms with Crippen LogP contribution in [0, 0.1) is 5.92 Å². The first-order valence-corrected chi connectivity index (χ1v) is 9.98. The Morgan fingerprint density at radius 2 is 1.93 bits per heavy atom. The Kier molecular flexibility index (Phi) is 6.75. The van der Waals surface area contributed by atoms with Crippen LogP contribution in [-0.4, -0.2) is 39.6 Å². The van der Waals surface area contributed by atoms with Gasteiger partial charge in [-0.05, 0) is 38.0 Å². The van der Waals surface area contributed by atoms with Gasteiger partial charge >= 0.3 is 0 Å². The number of likely N-dealkylation sites (tertiary alicyclic amines) is 1. The lowest BCUT2D eigenvalue weighted by Gasteiger charge is -2.30. The van der Waals surface area contributed by atoms with Gasteiger partial charge in [0.1, 0.15) is 0 Å². The maximum absolute atomic E-state index is 12.4. The van der Waals surface area contributed by atoms with Gasteiger partial charge in [0.2, 0.25) is 11.8 Å². The fourth-order valence-electron chi connectivity index (χ4n) is 3.14. The fourth-order valence-corrected chi connectivity index (χ4v) is 3.66. The molecule has 2 amide bonds. The van der Waals surface area contributed by atoms with Gasteiger partial charge in [-0.15, -0.1) is 0 Å². The number of rotatable bonds is 5. The van der Waals surface area contributed by atoms with E-state index in [0.717, 1.165) is 6.54 Å². The van der Waals surface area contributed by atoms with Crippen LogP contribution in [0.2, 0.25) is 10.0 Å². The standard InChI is InChI=1S/C20H22Cl2N4O2/c1-2-26-13-15(12-23-26)24-20(28)14-8-10-25(11-9-14)19(27)7-6-16-17(21)4-3-5-18(16)22/h3-7,12-14H,2,8-11H2,1H3,(H,24,28)/b7-6+. The molecule has 28 heavy (non-hydrogen) atoms. The lowest BCUT2D eigenvalue weighted by molar-refractivity contribution is -0.130. The molecule has 1 aromatic heterocycles. The molecule has 0 saturated carbocycles. The topological polar surface area (TPSA) is 67.2 Å². The van der Waals surface area contributed by atoms with E-state index in [1.165, 1.54) is 6.08 Å². The number of anilines is 1. The summed E-state index contributed by atoms with van der Waals surface area (Å²) in [5.74, 6) is -0.253. The van der Waals surface area contributed by atoms with E-state index in [4.69, 9.17) is 23.2 Å². The maximum Gasteiger partial charge on any atom is 0.246 e. The summed E-state index contributed by atoms with van der Waals surface area (Å²) in [6.45, 7) is 3.81. The molecule has 2 aromatic rings. The second-order valence-corrected chi connectivity index (χ2v) is 7.46. The van der Waals surface area contributed by atoms with Crippen molar-refractivity contribution in [2.24, 2.45) is 5.92 Å². The van der Waals surface area contributed by atoms with Crippen LogP contribution in [0.25, 0.3) is 6.08 Å². The second kappa shape index (κ2) is 9.26. The van der Waals surface area contributed by atoms with E-state index >= 15 is 0 Å². The molecule has 1 aliphatic rings. The molecule has 0 atom stereocenters. The van der Waals surface area contributed by atoms with Gasteiger partial charge < -0.3 is 10.2 Å². The molecule has 8 heteroatoms. The van der Waals surface area contributed by atoms with Gasteiger partial charge in [-0.1, -0.05) is 29.3 Å². The number of aryl methyl sites for hydroxylation is 1. The predicted molar refractivity (Wildman–Crippen MR) is 111 cm³/mol. The molecule has 6 nitrogen and oxygen atoms in total. The summed E-state index contributed by atoms with van der Waals surface area (Å²) < 4.78 is 1.76. The third-order valence-electron chi connectivity index (χ3n) is 4.79. The van der Waals surface area contributed by atoms with Gasteiger partial charge in [0.05, 0.1) is 11.9 Å². The molecule has 0 unspecified atom stereocenters. The van der Waals surface area contributed by atoms with E-state index in [0.29, 0.717) is 47.2 Å². The van der Waals surface area contributed by atoms with Crippen LogP contribution in [0.3, 0.4) is 0 Å². The normalized spacial score (nSPS) is 15.2. The lowest BCUT2D eigenvalue weighted by atomic mass is 9.95. The summed E-state index contributed by atoms with van der Waals surface area (Å²) in [6, 6.07) is 5.21.